The van der Waals surface area contributed by atoms with Crippen LogP contribution in [0.3, 0.4) is 0 Å². The molecule has 0 amide bonds. The van der Waals surface area contributed by atoms with E-state index in [1.165, 1.54) is 32.1 Å². The fraction of sp³-hybridized carbons (Fsp3) is 0.867. The second-order valence-electron chi connectivity index (χ2n) is 5.23. The van der Waals surface area contributed by atoms with Crippen molar-refractivity contribution in [1.29, 1.82) is 0 Å². The molecule has 0 aliphatic carbocycles. The Balaban J connectivity index is 0. The fourth-order valence-corrected chi connectivity index (χ4v) is 2.12. The Hall–Kier alpha value is -0.100. The Kier molecular flexibility index (Phi) is 18.0. The average Bonchev–Trinajstić information content (AvgIpc) is 2.92. The number of carbonyl (C=O) groups is 2. The summed E-state index contributed by atoms with van der Waals surface area (Å²) in [5.74, 6) is -1.63. The molecule has 1 aliphatic heterocycles. The molecule has 1 heterocycles. The molecule has 0 spiro atoms. The molecule has 21 heavy (non-hydrogen) atoms. The summed E-state index contributed by atoms with van der Waals surface area (Å²) in [7, 11) is 0. The summed E-state index contributed by atoms with van der Waals surface area (Å²) in [5, 5.41) is 21.2. The molecule has 0 aromatic heterocycles. The summed E-state index contributed by atoms with van der Waals surface area (Å²) >= 11 is 0. The van der Waals surface area contributed by atoms with E-state index < -0.39 is 11.9 Å². The van der Waals surface area contributed by atoms with Gasteiger partial charge in [-0.15, -0.1) is 0 Å². The van der Waals surface area contributed by atoms with Crippen molar-refractivity contribution < 1.29 is 49.4 Å². The minimum Gasteiger partial charge on any atom is -0.550 e. The number of unbranched alkanes of at least 4 members (excludes halogenated alkanes) is 6. The summed E-state index contributed by atoms with van der Waals surface area (Å²) in [4.78, 5) is 20.2. The van der Waals surface area contributed by atoms with E-state index in [4.69, 9.17) is 5.11 Å². The predicted molar refractivity (Wildman–Crippen MR) is 76.3 cm³/mol. The number of nitrogens with one attached hydrogen (secondary N) is 1. The van der Waals surface area contributed by atoms with Crippen LogP contribution in [0, 0.1) is 0 Å². The molecule has 0 radical (unpaired) electrons. The van der Waals surface area contributed by atoms with Gasteiger partial charge in [-0.3, -0.25) is 4.79 Å². The normalized spacial score (nSPS) is 16.5. The number of rotatable bonds is 9. The number of hydrogen-bond acceptors (Lipinski definition) is 4. The van der Waals surface area contributed by atoms with Crippen LogP contribution in [0.25, 0.3) is 0 Å². The third-order valence-corrected chi connectivity index (χ3v) is 3.34. The molecule has 0 unspecified atom stereocenters. The zero-order chi connectivity index (χ0) is 15.2. The maximum absolute atomic E-state index is 10.1. The van der Waals surface area contributed by atoms with Crippen molar-refractivity contribution in [2.24, 2.45) is 0 Å². The van der Waals surface area contributed by atoms with E-state index in [0.29, 0.717) is 0 Å². The summed E-state index contributed by atoms with van der Waals surface area (Å²) in [6, 6.07) is -0.269. The number of carbonyl (C=O) groups excluding carboxylic acids is 1. The molecule has 1 fully saturated rings. The maximum Gasteiger partial charge on any atom is 1.00 e. The zero-order valence-corrected chi connectivity index (χ0v) is 15.5. The smallest absolute Gasteiger partial charge is 0.550 e. The van der Waals surface area contributed by atoms with Gasteiger partial charge in [0.1, 0.15) is 6.04 Å². The SMILES string of the molecule is CCCCCCCCCC(=O)[O-].O=C(O)[C@@H]1CCCN1.[Na+]. The first-order valence-electron chi connectivity index (χ1n) is 7.74. The molecule has 1 saturated heterocycles. The molecular formula is C15H28NNaO4. The van der Waals surface area contributed by atoms with Crippen molar-refractivity contribution in [3.63, 3.8) is 0 Å². The molecule has 118 valence electrons. The molecule has 2 N–H and O–H groups in total. The van der Waals surface area contributed by atoms with Crippen LogP contribution >= 0.6 is 0 Å². The van der Waals surface area contributed by atoms with Crippen molar-refractivity contribution in [2.45, 2.75) is 77.2 Å². The molecule has 1 rings (SSSR count). The van der Waals surface area contributed by atoms with Gasteiger partial charge in [0, 0.05) is 5.97 Å². The van der Waals surface area contributed by atoms with Crippen molar-refractivity contribution in [3.05, 3.63) is 0 Å². The van der Waals surface area contributed by atoms with Gasteiger partial charge in [0.2, 0.25) is 0 Å². The van der Waals surface area contributed by atoms with Gasteiger partial charge in [0.15, 0.2) is 0 Å². The van der Waals surface area contributed by atoms with Gasteiger partial charge >= 0.3 is 35.5 Å². The maximum atomic E-state index is 10.1. The van der Waals surface area contributed by atoms with Crippen LogP contribution in [0.2, 0.25) is 0 Å². The molecule has 6 heteroatoms. The van der Waals surface area contributed by atoms with E-state index in [1.54, 1.807) is 0 Å². The molecule has 0 aromatic rings. The van der Waals surface area contributed by atoms with Crippen LogP contribution < -0.4 is 40.0 Å². The Morgan fingerprint density at radius 2 is 1.71 bits per heavy atom. The van der Waals surface area contributed by atoms with Crippen molar-refractivity contribution in [1.82, 2.24) is 5.32 Å². The summed E-state index contributed by atoms with van der Waals surface area (Å²) < 4.78 is 0. The van der Waals surface area contributed by atoms with Crippen LogP contribution in [0.5, 0.6) is 0 Å². The zero-order valence-electron chi connectivity index (χ0n) is 13.5. The first-order valence-corrected chi connectivity index (χ1v) is 7.74. The van der Waals surface area contributed by atoms with Gasteiger partial charge in [0.05, 0.1) is 0 Å². The standard InChI is InChI=1S/C10H20O2.C5H9NO2.Na/c1-2-3-4-5-6-7-8-9-10(11)12;7-5(8)4-2-1-3-6-4;/h2-9H2,1H3,(H,11,12);4,6H,1-3H2,(H,7,8);/q;;+1/p-1/t;4-;/m.0./s1. The van der Waals surface area contributed by atoms with Gasteiger partial charge in [-0.1, -0.05) is 45.4 Å². The Labute approximate surface area is 150 Å². The molecule has 5 nitrogen and oxygen atoms in total. The number of carboxylic acid groups (broad SMARTS) is 2. The Morgan fingerprint density at radius 1 is 1.14 bits per heavy atom. The summed E-state index contributed by atoms with van der Waals surface area (Å²) in [6.45, 7) is 3.05. The van der Waals surface area contributed by atoms with E-state index in [0.717, 1.165) is 32.2 Å². The number of hydrogen-bond donors (Lipinski definition) is 2. The molecule has 1 atom stereocenters. The molecule has 1 aliphatic rings. The van der Waals surface area contributed by atoms with Gasteiger partial charge in [-0.05, 0) is 32.2 Å². The van der Waals surface area contributed by atoms with Crippen molar-refractivity contribution >= 4 is 11.9 Å². The van der Waals surface area contributed by atoms with Crippen LogP contribution in [-0.2, 0) is 9.59 Å². The van der Waals surface area contributed by atoms with Crippen LogP contribution in [0.1, 0.15) is 71.1 Å². The second kappa shape index (κ2) is 16.3. The number of carboxylic acids is 2. The quantitative estimate of drug-likeness (QED) is 0.408. The van der Waals surface area contributed by atoms with E-state index in [2.05, 4.69) is 12.2 Å². The molecule has 0 bridgehead atoms. The average molecular weight is 309 g/mol. The van der Waals surface area contributed by atoms with E-state index in [9.17, 15) is 14.7 Å². The van der Waals surface area contributed by atoms with Gasteiger partial charge in [-0.25, -0.2) is 0 Å². The molecule has 0 saturated carbocycles. The van der Waals surface area contributed by atoms with Crippen molar-refractivity contribution in [3.8, 4) is 0 Å². The Bertz CT molecular complexity index is 268. The minimum atomic E-state index is -0.913. The molecular weight excluding hydrogens is 281 g/mol. The first kappa shape index (κ1) is 23.2. The topological polar surface area (TPSA) is 89.5 Å². The summed E-state index contributed by atoms with van der Waals surface area (Å²) in [5.41, 5.74) is 0. The summed E-state index contributed by atoms with van der Waals surface area (Å²) in [6.07, 6.45) is 10.1. The number of aliphatic carboxylic acids is 2. The van der Waals surface area contributed by atoms with Crippen LogP contribution in [-0.4, -0.2) is 29.6 Å². The third-order valence-electron chi connectivity index (χ3n) is 3.34. The van der Waals surface area contributed by atoms with Crippen molar-refractivity contribution in [2.75, 3.05) is 6.54 Å². The van der Waals surface area contributed by atoms with Gasteiger partial charge in [0.25, 0.3) is 0 Å². The van der Waals surface area contributed by atoms with E-state index >= 15 is 0 Å². The monoisotopic (exact) mass is 309 g/mol. The largest absolute Gasteiger partial charge is 1.00 e. The van der Waals surface area contributed by atoms with E-state index in [-0.39, 0.29) is 42.0 Å². The third kappa shape index (κ3) is 16.1. The Morgan fingerprint density at radius 3 is 2.10 bits per heavy atom. The van der Waals surface area contributed by atoms with Crippen LogP contribution in [0.4, 0.5) is 0 Å². The fourth-order valence-electron chi connectivity index (χ4n) is 2.12. The molecule has 0 aromatic carbocycles. The van der Waals surface area contributed by atoms with Crippen LogP contribution in [0.15, 0.2) is 0 Å². The second-order valence-corrected chi connectivity index (χ2v) is 5.23. The first-order chi connectivity index (χ1) is 9.57. The van der Waals surface area contributed by atoms with E-state index in [1.807, 2.05) is 0 Å². The van der Waals surface area contributed by atoms with Gasteiger partial charge < -0.3 is 20.3 Å². The minimum absolute atomic E-state index is 0. The predicted octanol–water partition coefficient (Wildman–Crippen LogP) is -1.30. The van der Waals surface area contributed by atoms with Gasteiger partial charge in [-0.2, -0.15) is 0 Å².